The first-order valence-corrected chi connectivity index (χ1v) is 8.59. The molecule has 0 unspecified atom stereocenters. The zero-order valence-corrected chi connectivity index (χ0v) is 15.3. The lowest BCUT2D eigenvalue weighted by Gasteiger charge is -2.07. The molecule has 3 heterocycles. The standard InChI is InChI=1S/C20H17FN6O/c1-13-22-9-10-27(13)19-8-7-16(12-23-19)24-20(28)18-11-17(25-26(18)2)14-3-5-15(21)6-4-14/h3-12H,1-2H3,(H,24,28). The van der Waals surface area contributed by atoms with Gasteiger partial charge in [0.2, 0.25) is 0 Å². The molecule has 0 radical (unpaired) electrons. The maximum atomic E-state index is 13.1. The third kappa shape index (κ3) is 3.39. The summed E-state index contributed by atoms with van der Waals surface area (Å²) < 4.78 is 16.4. The van der Waals surface area contributed by atoms with Crippen LogP contribution in [0.1, 0.15) is 16.3 Å². The Kier molecular flexibility index (Phi) is 4.44. The van der Waals surface area contributed by atoms with Gasteiger partial charge in [-0.15, -0.1) is 0 Å². The molecule has 1 N–H and O–H groups in total. The molecule has 0 bridgehead atoms. The maximum Gasteiger partial charge on any atom is 0.273 e. The Labute approximate surface area is 160 Å². The van der Waals surface area contributed by atoms with Crippen LogP contribution in [0.25, 0.3) is 17.1 Å². The zero-order valence-electron chi connectivity index (χ0n) is 15.3. The molecule has 28 heavy (non-hydrogen) atoms. The molecule has 0 atom stereocenters. The Balaban J connectivity index is 1.52. The van der Waals surface area contributed by atoms with Crippen molar-refractivity contribution in [1.29, 1.82) is 0 Å². The van der Waals surface area contributed by atoms with Crippen LogP contribution < -0.4 is 5.32 Å². The van der Waals surface area contributed by atoms with Crippen LogP contribution >= 0.6 is 0 Å². The molecule has 0 aliphatic heterocycles. The molecular formula is C20H17FN6O. The summed E-state index contributed by atoms with van der Waals surface area (Å²) in [6.07, 6.45) is 5.11. The molecular weight excluding hydrogens is 359 g/mol. The molecule has 7 nitrogen and oxygen atoms in total. The fourth-order valence-electron chi connectivity index (χ4n) is 2.86. The van der Waals surface area contributed by atoms with Crippen LogP contribution in [0.5, 0.6) is 0 Å². The monoisotopic (exact) mass is 376 g/mol. The number of pyridine rings is 1. The summed E-state index contributed by atoms with van der Waals surface area (Å²) in [6, 6.07) is 11.2. The summed E-state index contributed by atoms with van der Waals surface area (Å²) in [5, 5.41) is 7.15. The molecule has 4 rings (SSSR count). The Morgan fingerprint density at radius 1 is 1.11 bits per heavy atom. The number of aromatic nitrogens is 5. The summed E-state index contributed by atoms with van der Waals surface area (Å²) in [6.45, 7) is 1.89. The highest BCUT2D eigenvalue weighted by Crippen LogP contribution is 2.20. The highest BCUT2D eigenvalue weighted by Gasteiger charge is 2.15. The third-order valence-corrected chi connectivity index (χ3v) is 4.33. The van der Waals surface area contributed by atoms with Crippen LogP contribution in [0.4, 0.5) is 10.1 Å². The lowest BCUT2D eigenvalue weighted by Crippen LogP contribution is -2.16. The van der Waals surface area contributed by atoms with Crippen molar-refractivity contribution < 1.29 is 9.18 Å². The molecule has 140 valence electrons. The van der Waals surface area contributed by atoms with E-state index in [1.165, 1.54) is 16.8 Å². The van der Waals surface area contributed by atoms with Crippen LogP contribution in [0.3, 0.4) is 0 Å². The molecule has 1 amide bonds. The number of hydrogen-bond acceptors (Lipinski definition) is 4. The van der Waals surface area contributed by atoms with Crippen molar-refractivity contribution in [2.24, 2.45) is 7.05 Å². The fraction of sp³-hybridized carbons (Fsp3) is 0.100. The number of amides is 1. The number of rotatable bonds is 4. The molecule has 1 aromatic carbocycles. The van der Waals surface area contributed by atoms with Crippen LogP contribution in [-0.4, -0.2) is 30.2 Å². The van der Waals surface area contributed by atoms with E-state index in [9.17, 15) is 9.18 Å². The van der Waals surface area contributed by atoms with Crippen LogP contribution in [-0.2, 0) is 7.05 Å². The molecule has 0 aliphatic rings. The number of carbonyl (C=O) groups is 1. The van der Waals surface area contributed by atoms with Crippen molar-refractivity contribution in [2.45, 2.75) is 6.92 Å². The first kappa shape index (κ1) is 17.6. The fourth-order valence-corrected chi connectivity index (χ4v) is 2.86. The van der Waals surface area contributed by atoms with Crippen molar-refractivity contribution >= 4 is 11.6 Å². The van der Waals surface area contributed by atoms with Gasteiger partial charge in [0.1, 0.15) is 23.2 Å². The maximum absolute atomic E-state index is 13.1. The van der Waals surface area contributed by atoms with Crippen molar-refractivity contribution in [1.82, 2.24) is 24.3 Å². The second kappa shape index (κ2) is 7.07. The van der Waals surface area contributed by atoms with E-state index < -0.39 is 0 Å². The van der Waals surface area contributed by atoms with Crippen LogP contribution in [0.2, 0.25) is 0 Å². The minimum Gasteiger partial charge on any atom is -0.319 e. The Hall–Kier alpha value is -3.81. The largest absolute Gasteiger partial charge is 0.319 e. The molecule has 0 aliphatic carbocycles. The van der Waals surface area contributed by atoms with Crippen molar-refractivity contribution in [3.63, 3.8) is 0 Å². The second-order valence-corrected chi connectivity index (χ2v) is 6.25. The van der Waals surface area contributed by atoms with Crippen molar-refractivity contribution in [2.75, 3.05) is 5.32 Å². The molecule has 8 heteroatoms. The van der Waals surface area contributed by atoms with Gasteiger partial charge in [-0.3, -0.25) is 14.0 Å². The van der Waals surface area contributed by atoms with E-state index in [1.54, 1.807) is 49.8 Å². The SMILES string of the molecule is Cc1nccn1-c1ccc(NC(=O)c2cc(-c3ccc(F)cc3)nn2C)cn1. The number of halogens is 1. The van der Waals surface area contributed by atoms with Gasteiger partial charge in [0, 0.05) is 25.0 Å². The van der Waals surface area contributed by atoms with Gasteiger partial charge in [-0.2, -0.15) is 5.10 Å². The highest BCUT2D eigenvalue weighted by molar-refractivity contribution is 6.03. The van der Waals surface area contributed by atoms with Crippen LogP contribution in [0, 0.1) is 12.7 Å². The van der Waals surface area contributed by atoms with Crippen molar-refractivity contribution in [3.8, 4) is 17.1 Å². The summed E-state index contributed by atoms with van der Waals surface area (Å²) in [4.78, 5) is 21.2. The van der Waals surface area contributed by atoms with Gasteiger partial charge >= 0.3 is 0 Å². The number of aryl methyl sites for hydroxylation is 2. The number of imidazole rings is 1. The van der Waals surface area contributed by atoms with E-state index in [0.717, 1.165) is 11.4 Å². The van der Waals surface area contributed by atoms with E-state index in [2.05, 4.69) is 20.4 Å². The lowest BCUT2D eigenvalue weighted by atomic mass is 10.1. The summed E-state index contributed by atoms with van der Waals surface area (Å²) in [7, 11) is 1.69. The highest BCUT2D eigenvalue weighted by atomic mass is 19.1. The first-order chi connectivity index (χ1) is 13.5. The quantitative estimate of drug-likeness (QED) is 0.592. The third-order valence-electron chi connectivity index (χ3n) is 4.33. The van der Waals surface area contributed by atoms with Gasteiger partial charge in [0.25, 0.3) is 5.91 Å². The minimum atomic E-state index is -0.320. The Morgan fingerprint density at radius 3 is 2.54 bits per heavy atom. The normalized spacial score (nSPS) is 10.8. The smallest absolute Gasteiger partial charge is 0.273 e. The van der Waals surface area contributed by atoms with Gasteiger partial charge in [0.15, 0.2) is 0 Å². The molecule has 0 saturated carbocycles. The number of hydrogen-bond donors (Lipinski definition) is 1. The van der Waals surface area contributed by atoms with E-state index in [4.69, 9.17) is 0 Å². The molecule has 4 aromatic rings. The van der Waals surface area contributed by atoms with E-state index in [0.29, 0.717) is 22.9 Å². The average molecular weight is 376 g/mol. The summed E-state index contributed by atoms with van der Waals surface area (Å²) >= 11 is 0. The van der Waals surface area contributed by atoms with Gasteiger partial charge in [-0.25, -0.2) is 14.4 Å². The zero-order chi connectivity index (χ0) is 19.7. The predicted octanol–water partition coefficient (Wildman–Crippen LogP) is 3.37. The molecule has 0 spiro atoms. The summed E-state index contributed by atoms with van der Waals surface area (Å²) in [5.74, 6) is 0.913. The van der Waals surface area contributed by atoms with Crippen LogP contribution in [0.15, 0.2) is 61.1 Å². The Bertz CT molecular complexity index is 1130. The van der Waals surface area contributed by atoms with Crippen molar-refractivity contribution in [3.05, 3.63) is 78.4 Å². The molecule has 0 fully saturated rings. The van der Waals surface area contributed by atoms with Gasteiger partial charge in [0.05, 0.1) is 17.6 Å². The Morgan fingerprint density at radius 2 is 1.89 bits per heavy atom. The number of carbonyl (C=O) groups excluding carboxylic acids is 1. The number of anilines is 1. The van der Waals surface area contributed by atoms with E-state index in [-0.39, 0.29) is 11.7 Å². The number of nitrogens with one attached hydrogen (secondary N) is 1. The second-order valence-electron chi connectivity index (χ2n) is 6.25. The number of benzene rings is 1. The lowest BCUT2D eigenvalue weighted by molar-refractivity contribution is 0.101. The molecule has 3 aromatic heterocycles. The van der Waals surface area contributed by atoms with E-state index in [1.807, 2.05) is 17.7 Å². The molecule has 0 saturated heterocycles. The van der Waals surface area contributed by atoms with E-state index >= 15 is 0 Å². The van der Waals surface area contributed by atoms with Gasteiger partial charge < -0.3 is 5.32 Å². The number of nitrogens with zero attached hydrogens (tertiary/aromatic N) is 5. The predicted molar refractivity (Wildman–Crippen MR) is 103 cm³/mol. The van der Waals surface area contributed by atoms with Gasteiger partial charge in [-0.05, 0) is 49.4 Å². The first-order valence-electron chi connectivity index (χ1n) is 8.59. The topological polar surface area (TPSA) is 77.6 Å². The summed E-state index contributed by atoms with van der Waals surface area (Å²) in [5.41, 5.74) is 2.28. The average Bonchev–Trinajstić information content (AvgIpc) is 3.29. The minimum absolute atomic E-state index is 0.309. The van der Waals surface area contributed by atoms with Gasteiger partial charge in [-0.1, -0.05) is 0 Å².